The molecule has 1 heterocycles. The van der Waals surface area contributed by atoms with Crippen molar-refractivity contribution in [2.24, 2.45) is 0 Å². The van der Waals surface area contributed by atoms with Gasteiger partial charge in [0.2, 0.25) is 5.91 Å². The molecule has 2 aromatic rings. The molecule has 0 unspecified atom stereocenters. The van der Waals surface area contributed by atoms with Crippen molar-refractivity contribution in [3.05, 3.63) is 59.9 Å². The van der Waals surface area contributed by atoms with Gasteiger partial charge in [0, 0.05) is 6.20 Å². The average molecular weight is 256 g/mol. The van der Waals surface area contributed by atoms with Crippen LogP contribution in [0.15, 0.2) is 48.7 Å². The van der Waals surface area contributed by atoms with Crippen LogP contribution in [0.3, 0.4) is 0 Å². The lowest BCUT2D eigenvalue weighted by molar-refractivity contribution is -0.115. The summed E-state index contributed by atoms with van der Waals surface area (Å²) in [6.07, 6.45) is 1.56. The number of hydrogen-bond acceptors (Lipinski definition) is 3. The molecule has 0 fully saturated rings. The van der Waals surface area contributed by atoms with E-state index in [0.29, 0.717) is 0 Å². The second-order valence-corrected chi connectivity index (χ2v) is 3.92. The highest BCUT2D eigenvalue weighted by molar-refractivity contribution is 5.99. The summed E-state index contributed by atoms with van der Waals surface area (Å²) in [5.74, 6) is -1.45. The average Bonchev–Trinajstić information content (AvgIpc) is 2.40. The number of benzene rings is 1. The van der Waals surface area contributed by atoms with Crippen LogP contribution in [0, 0.1) is 0 Å². The first-order valence-corrected chi connectivity index (χ1v) is 5.69. The van der Waals surface area contributed by atoms with E-state index in [4.69, 9.17) is 5.11 Å². The molecule has 5 nitrogen and oxygen atoms in total. The molecular weight excluding hydrogens is 244 g/mol. The van der Waals surface area contributed by atoms with Gasteiger partial charge in [-0.2, -0.15) is 0 Å². The number of anilines is 1. The molecule has 19 heavy (non-hydrogen) atoms. The molecule has 5 heteroatoms. The van der Waals surface area contributed by atoms with E-state index in [1.54, 1.807) is 6.07 Å². The largest absolute Gasteiger partial charge is 0.476 e. The maximum absolute atomic E-state index is 11.8. The summed E-state index contributed by atoms with van der Waals surface area (Å²) < 4.78 is 0. The van der Waals surface area contributed by atoms with Crippen LogP contribution in [0.5, 0.6) is 0 Å². The van der Waals surface area contributed by atoms with E-state index >= 15 is 0 Å². The molecule has 0 spiro atoms. The lowest BCUT2D eigenvalue weighted by Gasteiger charge is -2.07. The van der Waals surface area contributed by atoms with Crippen molar-refractivity contribution >= 4 is 17.6 Å². The van der Waals surface area contributed by atoms with Crippen LogP contribution in [0.2, 0.25) is 0 Å². The fourth-order valence-corrected chi connectivity index (χ4v) is 1.65. The lowest BCUT2D eigenvalue weighted by atomic mass is 10.1. The van der Waals surface area contributed by atoms with Gasteiger partial charge in [0.25, 0.3) is 0 Å². The number of rotatable bonds is 4. The quantitative estimate of drug-likeness (QED) is 0.876. The number of carbonyl (C=O) groups excluding carboxylic acids is 1. The Kier molecular flexibility index (Phi) is 3.87. The van der Waals surface area contributed by atoms with Gasteiger partial charge in [-0.15, -0.1) is 0 Å². The number of amides is 1. The Bertz CT molecular complexity index is 597. The SMILES string of the molecule is O=C(Cc1ccccc1)Nc1cccnc1C(=O)O. The van der Waals surface area contributed by atoms with E-state index in [1.165, 1.54) is 12.3 Å². The molecule has 0 atom stereocenters. The number of hydrogen-bond donors (Lipinski definition) is 2. The summed E-state index contributed by atoms with van der Waals surface area (Å²) >= 11 is 0. The molecule has 1 aromatic heterocycles. The lowest BCUT2D eigenvalue weighted by Crippen LogP contribution is -2.17. The van der Waals surface area contributed by atoms with Crippen LogP contribution in [0.1, 0.15) is 16.1 Å². The Balaban J connectivity index is 2.09. The molecule has 2 N–H and O–H groups in total. The normalized spacial score (nSPS) is 9.89. The van der Waals surface area contributed by atoms with Crippen LogP contribution in [0.25, 0.3) is 0 Å². The van der Waals surface area contributed by atoms with Crippen LogP contribution in [-0.2, 0) is 11.2 Å². The number of nitrogens with zero attached hydrogens (tertiary/aromatic N) is 1. The summed E-state index contributed by atoms with van der Waals surface area (Å²) in [4.78, 5) is 26.5. The van der Waals surface area contributed by atoms with Gasteiger partial charge in [0.05, 0.1) is 12.1 Å². The van der Waals surface area contributed by atoms with Gasteiger partial charge in [0.15, 0.2) is 5.69 Å². The molecule has 0 aliphatic carbocycles. The van der Waals surface area contributed by atoms with Crippen molar-refractivity contribution in [2.45, 2.75) is 6.42 Å². The van der Waals surface area contributed by atoms with E-state index in [0.717, 1.165) is 5.56 Å². The molecular formula is C14H12N2O3. The molecule has 0 aliphatic rings. The Labute approximate surface area is 109 Å². The highest BCUT2D eigenvalue weighted by Gasteiger charge is 2.13. The Morgan fingerprint density at radius 3 is 2.53 bits per heavy atom. The van der Waals surface area contributed by atoms with Gasteiger partial charge < -0.3 is 10.4 Å². The predicted molar refractivity (Wildman–Crippen MR) is 70.0 cm³/mol. The molecule has 0 radical (unpaired) electrons. The van der Waals surface area contributed by atoms with Crippen LogP contribution >= 0.6 is 0 Å². The number of pyridine rings is 1. The minimum absolute atomic E-state index is 0.163. The Hall–Kier alpha value is -2.69. The summed E-state index contributed by atoms with van der Waals surface area (Å²) in [5, 5.41) is 11.5. The third-order valence-electron chi connectivity index (χ3n) is 2.49. The Morgan fingerprint density at radius 2 is 1.84 bits per heavy atom. The van der Waals surface area contributed by atoms with Gasteiger partial charge in [-0.05, 0) is 17.7 Å². The zero-order valence-corrected chi connectivity index (χ0v) is 10.0. The first-order valence-electron chi connectivity index (χ1n) is 5.69. The van der Waals surface area contributed by atoms with Gasteiger partial charge in [0.1, 0.15) is 0 Å². The fraction of sp³-hybridized carbons (Fsp3) is 0.0714. The fourth-order valence-electron chi connectivity index (χ4n) is 1.65. The van der Waals surface area contributed by atoms with E-state index in [1.807, 2.05) is 30.3 Å². The summed E-state index contributed by atoms with van der Waals surface area (Å²) in [6, 6.07) is 12.3. The minimum atomic E-state index is -1.17. The maximum atomic E-state index is 11.8. The molecule has 0 bridgehead atoms. The number of aromatic carboxylic acids is 1. The first-order chi connectivity index (χ1) is 9.16. The van der Waals surface area contributed by atoms with Gasteiger partial charge >= 0.3 is 5.97 Å². The Morgan fingerprint density at radius 1 is 1.11 bits per heavy atom. The first kappa shape index (κ1) is 12.8. The minimum Gasteiger partial charge on any atom is -0.476 e. The third kappa shape index (κ3) is 3.38. The maximum Gasteiger partial charge on any atom is 0.356 e. The number of aromatic nitrogens is 1. The number of carboxylic acids is 1. The van der Waals surface area contributed by atoms with Crippen LogP contribution < -0.4 is 5.32 Å². The topological polar surface area (TPSA) is 79.3 Å². The second kappa shape index (κ2) is 5.77. The van der Waals surface area contributed by atoms with Crippen molar-refractivity contribution in [1.82, 2.24) is 4.98 Å². The molecule has 1 aromatic carbocycles. The summed E-state index contributed by atoms with van der Waals surface area (Å²) in [7, 11) is 0. The monoisotopic (exact) mass is 256 g/mol. The predicted octanol–water partition coefficient (Wildman–Crippen LogP) is 1.96. The molecule has 0 saturated carbocycles. The van der Waals surface area contributed by atoms with Crippen molar-refractivity contribution in [3.63, 3.8) is 0 Å². The van der Waals surface area contributed by atoms with Crippen molar-refractivity contribution in [3.8, 4) is 0 Å². The number of carboxylic acid groups (broad SMARTS) is 1. The van der Waals surface area contributed by atoms with E-state index in [-0.39, 0.29) is 23.7 Å². The second-order valence-electron chi connectivity index (χ2n) is 3.92. The van der Waals surface area contributed by atoms with Gasteiger partial charge in [-0.1, -0.05) is 30.3 Å². The van der Waals surface area contributed by atoms with E-state index in [2.05, 4.69) is 10.3 Å². The smallest absolute Gasteiger partial charge is 0.356 e. The standard InChI is InChI=1S/C14H12N2O3/c17-12(9-10-5-2-1-3-6-10)16-11-7-4-8-15-13(11)14(18)19/h1-8H,9H2,(H,16,17)(H,18,19). The molecule has 0 saturated heterocycles. The van der Waals surface area contributed by atoms with Gasteiger partial charge in [-0.25, -0.2) is 9.78 Å². The molecule has 2 rings (SSSR count). The van der Waals surface area contributed by atoms with Crippen LogP contribution in [-0.4, -0.2) is 22.0 Å². The van der Waals surface area contributed by atoms with E-state index in [9.17, 15) is 9.59 Å². The summed E-state index contributed by atoms with van der Waals surface area (Å²) in [6.45, 7) is 0. The third-order valence-corrected chi connectivity index (χ3v) is 2.49. The molecule has 96 valence electrons. The van der Waals surface area contributed by atoms with Gasteiger partial charge in [-0.3, -0.25) is 4.79 Å². The zero-order valence-electron chi connectivity index (χ0n) is 10.0. The van der Waals surface area contributed by atoms with Crippen molar-refractivity contribution in [1.29, 1.82) is 0 Å². The van der Waals surface area contributed by atoms with Crippen molar-refractivity contribution < 1.29 is 14.7 Å². The van der Waals surface area contributed by atoms with Crippen molar-refractivity contribution in [2.75, 3.05) is 5.32 Å². The number of nitrogens with one attached hydrogen (secondary N) is 1. The molecule has 1 amide bonds. The molecule has 0 aliphatic heterocycles. The number of carbonyl (C=O) groups is 2. The summed E-state index contributed by atoms with van der Waals surface area (Å²) in [5.41, 5.74) is 0.903. The zero-order chi connectivity index (χ0) is 13.7. The highest BCUT2D eigenvalue weighted by atomic mass is 16.4. The van der Waals surface area contributed by atoms with Crippen LogP contribution in [0.4, 0.5) is 5.69 Å². The highest BCUT2D eigenvalue weighted by Crippen LogP contribution is 2.12. The van der Waals surface area contributed by atoms with E-state index < -0.39 is 5.97 Å².